The van der Waals surface area contributed by atoms with E-state index in [1.807, 2.05) is 0 Å². The maximum Gasteiger partial charge on any atom is 1.00 e. The van der Waals surface area contributed by atoms with Crippen LogP contribution in [0.5, 0.6) is 0 Å². The minimum absolute atomic E-state index is 0. The number of hydrogen-bond acceptors (Lipinski definition) is 8. The van der Waals surface area contributed by atoms with Gasteiger partial charge in [-0.1, -0.05) is 0 Å². The van der Waals surface area contributed by atoms with E-state index in [0.717, 1.165) is 0 Å². The number of rotatable bonds is 6. The molecule has 0 saturated heterocycles. The molecule has 22 heteroatoms. The first kappa shape index (κ1) is 51.3. The average Bonchev–Trinajstić information content (AvgIpc) is 3.02. The molecular weight excluding hydrogens is 717 g/mol. The van der Waals surface area contributed by atoms with E-state index in [0.29, 0.717) is 6.61 Å². The van der Waals surface area contributed by atoms with Crippen molar-refractivity contribution >= 4 is 29.8 Å². The van der Waals surface area contributed by atoms with Gasteiger partial charge < -0.3 is 25.9 Å². The van der Waals surface area contributed by atoms with Crippen molar-refractivity contribution in [2.75, 3.05) is 19.8 Å². The zero-order valence-corrected chi connectivity index (χ0v) is 30.6. The van der Waals surface area contributed by atoms with Crippen molar-refractivity contribution in [2.24, 2.45) is 0 Å². The summed E-state index contributed by atoms with van der Waals surface area (Å²) in [4.78, 5) is 40.2. The van der Waals surface area contributed by atoms with Crippen LogP contribution in [0.25, 0.3) is 14.5 Å². The van der Waals surface area contributed by atoms with Crippen molar-refractivity contribution in [3.8, 4) is 6.07 Å². The second-order valence-electron chi connectivity index (χ2n) is 6.79. The van der Waals surface area contributed by atoms with Crippen LogP contribution in [0.15, 0.2) is 0 Å². The maximum absolute atomic E-state index is 13.6. The van der Waals surface area contributed by atoms with Crippen molar-refractivity contribution < 1.29 is 178 Å². The van der Waals surface area contributed by atoms with Gasteiger partial charge in [-0.3, -0.25) is 9.59 Å². The normalized spacial score (nSPS) is 9.28. The van der Waals surface area contributed by atoms with Crippen molar-refractivity contribution in [3.05, 3.63) is 92.2 Å². The molecule has 0 aromatic heterocycles. The van der Waals surface area contributed by atoms with Crippen LogP contribution in [0.3, 0.4) is 0 Å². The second-order valence-corrected chi connectivity index (χ2v) is 6.79. The molecule has 0 aliphatic heterocycles. The molecule has 0 amide bonds. The maximum atomic E-state index is 13.6. The second kappa shape index (κ2) is 27.4. The van der Waals surface area contributed by atoms with Crippen molar-refractivity contribution in [3.63, 3.8) is 0 Å². The molecule has 0 aliphatic carbocycles. The quantitative estimate of drug-likeness (QED) is 0.0421. The van der Waals surface area contributed by atoms with Gasteiger partial charge >= 0.3 is 121 Å². The Morgan fingerprint density at radius 1 is 0.787 bits per heavy atom. The number of carbonyl (C=O) groups is 3. The molecule has 1 unspecified atom stereocenters. The molecule has 0 aliphatic rings. The number of ether oxygens (including phenoxy) is 2. The van der Waals surface area contributed by atoms with E-state index in [1.165, 1.54) is 13.0 Å². The van der Waals surface area contributed by atoms with E-state index in [-0.39, 0.29) is 124 Å². The predicted molar refractivity (Wildman–Crippen MR) is 126 cm³/mol. The summed E-state index contributed by atoms with van der Waals surface area (Å²) in [5.41, 5.74) is -4.38. The number of nitriles is 1. The summed E-state index contributed by atoms with van der Waals surface area (Å²) in [7, 11) is 0. The van der Waals surface area contributed by atoms with Crippen LogP contribution >= 0.6 is 0 Å². The first-order valence-electron chi connectivity index (χ1n) is 11.0. The number of nitrogens with zero attached hydrogens (tertiary/aromatic N) is 4. The minimum atomic E-state index is -2.26. The molecule has 0 N–H and O–H groups in total. The molecular formula is C25H15F9K2N4O7. The molecule has 47 heavy (non-hydrogen) atoms. The predicted octanol–water partition coefficient (Wildman–Crippen LogP) is -1.08. The van der Waals surface area contributed by atoms with Gasteiger partial charge in [-0.15, -0.1) is 0 Å². The summed E-state index contributed by atoms with van der Waals surface area (Å²) >= 11 is 0. The first-order chi connectivity index (χ1) is 21.1. The molecule has 242 valence electrons. The van der Waals surface area contributed by atoms with Crippen LogP contribution in [-0.4, -0.2) is 38.2 Å². The number of halogens is 9. The molecule has 0 bridgehead atoms. The first-order valence-corrected chi connectivity index (χ1v) is 11.0. The molecule has 1 atom stereocenters. The van der Waals surface area contributed by atoms with Crippen LogP contribution in [0.2, 0.25) is 0 Å². The topological polar surface area (TPSA) is 139 Å². The fraction of sp³-hybridized carbons (Fsp3) is 0.240. The van der Waals surface area contributed by atoms with Crippen molar-refractivity contribution in [1.82, 2.24) is 0 Å². The third-order valence-corrected chi connectivity index (χ3v) is 4.18. The summed E-state index contributed by atoms with van der Waals surface area (Å²) < 4.78 is 125. The van der Waals surface area contributed by atoms with E-state index >= 15 is 0 Å². The fourth-order valence-corrected chi connectivity index (χ4v) is 2.41. The Labute approximate surface area is 346 Å². The summed E-state index contributed by atoms with van der Waals surface area (Å²) in [6.45, 7) is 21.8. The van der Waals surface area contributed by atoms with E-state index in [1.54, 1.807) is 6.92 Å². The van der Waals surface area contributed by atoms with Gasteiger partial charge in [0.25, 0.3) is 17.8 Å². The van der Waals surface area contributed by atoms with Gasteiger partial charge in [0.2, 0.25) is 0 Å². The SMILES string of the molecule is O=CO[O-].[C-]#[N+]CC(=O)OCC.[C-]#[N+]c1c(F)c(F)c(C(C#N)C(=O)OCC)c(F)c1F.[C-]#[N+]c1c(F)c(F)c(F)c(F)c1F.[H-].[K+].[K+]. The Kier molecular flexibility index (Phi) is 29.8. The van der Waals surface area contributed by atoms with Gasteiger partial charge in [-0.2, -0.15) is 5.26 Å². The molecule has 2 rings (SSSR count). The van der Waals surface area contributed by atoms with Crippen LogP contribution in [0.1, 0.15) is 26.8 Å². The smallest absolute Gasteiger partial charge is 1.00 e. The van der Waals surface area contributed by atoms with Gasteiger partial charge in [0.05, 0.1) is 38.0 Å². The Balaban J connectivity index is -0.000000190. The van der Waals surface area contributed by atoms with Gasteiger partial charge in [-0.25, -0.2) is 60.6 Å². The van der Waals surface area contributed by atoms with Crippen LogP contribution in [0, 0.1) is 83.4 Å². The standard InChI is InChI=1S/C12H6F4N2O2.C7F5N.C5H7NO2.CH2O3.2K.H/c1-3-20-12(19)5(4-17)6-7(13)9(15)11(18-2)10(16)8(6)14;1-13-7-5(11)3(9)2(8)4(10)6(7)12;1-3-8-5(7)4-6-2;2-1-4-3;;;/h5H,3H2,1H3;;3-4H2,1H3;1,3H;;;/q;;;;2*+1;-1/p-1. The Morgan fingerprint density at radius 3 is 1.40 bits per heavy atom. The summed E-state index contributed by atoms with van der Waals surface area (Å²) in [5, 5.41) is 17.2. The fourth-order valence-electron chi connectivity index (χ4n) is 2.41. The summed E-state index contributed by atoms with van der Waals surface area (Å²) in [6, 6.07) is 1.21. The van der Waals surface area contributed by atoms with Gasteiger partial charge in [0, 0.05) is 0 Å². The number of benzene rings is 2. The Bertz CT molecular complexity index is 1520. The summed E-state index contributed by atoms with van der Waals surface area (Å²) in [5.74, 6) is -22.5. The molecule has 0 saturated carbocycles. The van der Waals surface area contributed by atoms with E-state index in [2.05, 4.69) is 28.9 Å². The monoisotopic (exact) mass is 732 g/mol. The zero-order valence-electron chi connectivity index (χ0n) is 25.3. The van der Waals surface area contributed by atoms with Crippen molar-refractivity contribution in [2.45, 2.75) is 19.8 Å². The number of esters is 2. The van der Waals surface area contributed by atoms with Gasteiger partial charge in [0.1, 0.15) is 0 Å². The van der Waals surface area contributed by atoms with Crippen LogP contribution in [0.4, 0.5) is 50.9 Å². The molecule has 0 spiro atoms. The van der Waals surface area contributed by atoms with E-state index in [4.69, 9.17) is 35.0 Å². The van der Waals surface area contributed by atoms with Gasteiger partial charge in [0.15, 0.2) is 58.3 Å². The third kappa shape index (κ3) is 15.5. The molecule has 11 nitrogen and oxygen atoms in total. The van der Waals surface area contributed by atoms with Crippen molar-refractivity contribution in [1.29, 1.82) is 5.26 Å². The third-order valence-electron chi connectivity index (χ3n) is 4.18. The molecule has 0 fully saturated rings. The van der Waals surface area contributed by atoms with Gasteiger partial charge in [-0.05, 0) is 13.8 Å². The van der Waals surface area contributed by atoms with E-state index < -0.39 is 87.1 Å². The molecule has 0 radical (unpaired) electrons. The molecule has 2 aromatic carbocycles. The Morgan fingerprint density at radius 2 is 1.13 bits per heavy atom. The summed E-state index contributed by atoms with van der Waals surface area (Å²) in [6.07, 6.45) is 0. The molecule has 0 heterocycles. The molecule has 2 aromatic rings. The van der Waals surface area contributed by atoms with E-state index in [9.17, 15) is 49.1 Å². The zero-order chi connectivity index (χ0) is 35.4. The van der Waals surface area contributed by atoms with Crippen LogP contribution < -0.4 is 108 Å². The largest absolute Gasteiger partial charge is 1.00 e. The number of carbonyl (C=O) groups excluding carboxylic acids is 3. The number of hydrogen-bond donors (Lipinski definition) is 0. The minimum Gasteiger partial charge on any atom is -1.00 e. The average molecular weight is 733 g/mol. The Hall–Kier alpha value is -2.59. The van der Waals surface area contributed by atoms with Crippen LogP contribution in [-0.2, 0) is 28.7 Å².